The van der Waals surface area contributed by atoms with E-state index in [9.17, 15) is 38.4 Å². The number of nitrogens with one attached hydrogen (secondary N) is 4. The summed E-state index contributed by atoms with van der Waals surface area (Å²) in [5.41, 5.74) is -1.43. The molecule has 0 bridgehead atoms. The summed E-state index contributed by atoms with van der Waals surface area (Å²) in [7, 11) is 2.43. The fourth-order valence-corrected chi connectivity index (χ4v) is 5.71. The van der Waals surface area contributed by atoms with E-state index in [0.717, 1.165) is 5.32 Å². The van der Waals surface area contributed by atoms with Crippen molar-refractivity contribution < 1.29 is 67.5 Å². The van der Waals surface area contributed by atoms with Crippen molar-refractivity contribution in [3.05, 3.63) is 0 Å². The van der Waals surface area contributed by atoms with Crippen molar-refractivity contribution in [2.45, 2.75) is 138 Å². The average molecular weight is 879 g/mol. The van der Waals surface area contributed by atoms with E-state index in [0.29, 0.717) is 33.1 Å². The standard InChI is InChI=1S/C17H30N2O7Se.C15H26N2O7Se/c1-17(2,3)26-16(23)19-11(9-10-27-6)14(21)18-12(15(22)25-5)7-8-13(20)24-4;1-15(2,3)24-14(23)17-9(7-8-25-4)12(20)16-10(13(21)22)5-6-11(18)19/h11-12H,7-10H2,1-6H3,(H,18,21)(H,19,23);9-10H,5-8H2,1-4H3,(H,16,20)(H,17,23)(H,18,19)(H,21,22)/t11-,12-;9-,10-/m00/s1. The van der Waals surface area contributed by atoms with Gasteiger partial charge >= 0.3 is 319 Å². The normalized spacial score (nSPS) is 13.3. The molecule has 0 aliphatic carbocycles. The van der Waals surface area contributed by atoms with Gasteiger partial charge in [-0.1, -0.05) is 0 Å². The topological polar surface area (TPSA) is 262 Å². The Bertz CT molecular complexity index is 1190. The molecule has 0 aliphatic rings. The number of amides is 4. The molecule has 0 fully saturated rings. The van der Waals surface area contributed by atoms with Crippen LogP contribution < -0.4 is 21.3 Å². The van der Waals surface area contributed by atoms with Gasteiger partial charge in [-0.05, 0) is 0 Å². The van der Waals surface area contributed by atoms with Crippen LogP contribution in [-0.4, -0.2) is 138 Å². The zero-order chi connectivity index (χ0) is 40.7. The van der Waals surface area contributed by atoms with Crippen LogP contribution in [0.15, 0.2) is 0 Å². The van der Waals surface area contributed by atoms with Gasteiger partial charge in [-0.2, -0.15) is 0 Å². The number of esters is 2. The summed E-state index contributed by atoms with van der Waals surface area (Å²) < 4.78 is 19.5. The second-order valence-electron chi connectivity index (χ2n) is 13.0. The van der Waals surface area contributed by atoms with Gasteiger partial charge in [0.1, 0.15) is 0 Å². The molecule has 0 aromatic heterocycles. The molecular formula is C32H56N4O14Se2. The van der Waals surface area contributed by atoms with Gasteiger partial charge in [-0.15, -0.1) is 0 Å². The van der Waals surface area contributed by atoms with Crippen molar-refractivity contribution in [3.8, 4) is 0 Å². The van der Waals surface area contributed by atoms with Crippen molar-refractivity contribution >= 4 is 77.8 Å². The quantitative estimate of drug-likeness (QED) is 0.0581. The molecule has 0 radical (unpaired) electrons. The van der Waals surface area contributed by atoms with Gasteiger partial charge in [0.15, 0.2) is 0 Å². The Kier molecular flexibility index (Phi) is 25.5. The van der Waals surface area contributed by atoms with E-state index < -0.39 is 83.2 Å². The SMILES string of the molecule is COC(=O)CC[C@H](NC(=O)[C@H](CC[Se]C)NC(=O)OC(C)(C)C)C(=O)OC.C[Se]CC[C@H](NC(=O)OC(C)(C)C)C(=O)N[C@@H](CCC(=O)O)C(=O)O. The molecule has 20 heteroatoms. The van der Waals surface area contributed by atoms with Gasteiger partial charge in [0.25, 0.3) is 0 Å². The molecule has 6 N–H and O–H groups in total. The van der Waals surface area contributed by atoms with E-state index in [4.69, 9.17) is 19.7 Å². The number of ether oxygens (including phenoxy) is 4. The minimum atomic E-state index is -1.33. The van der Waals surface area contributed by atoms with Crippen LogP contribution in [0.4, 0.5) is 9.59 Å². The summed E-state index contributed by atoms with van der Waals surface area (Å²) in [6.07, 6.45) is -1.39. The number of rotatable bonds is 20. The Balaban J connectivity index is 0. The Morgan fingerprint density at radius 3 is 1.31 bits per heavy atom. The molecule has 0 unspecified atom stereocenters. The van der Waals surface area contributed by atoms with Gasteiger partial charge in [0.05, 0.1) is 0 Å². The third-order valence-electron chi connectivity index (χ3n) is 6.16. The Morgan fingerprint density at radius 2 is 0.981 bits per heavy atom. The average Bonchev–Trinajstić information content (AvgIpc) is 3.02. The molecule has 0 saturated heterocycles. The van der Waals surface area contributed by atoms with Crippen LogP contribution in [0.3, 0.4) is 0 Å². The maximum atomic E-state index is 12.6. The summed E-state index contributed by atoms with van der Waals surface area (Å²) in [6, 6.07) is -4.15. The molecule has 0 spiro atoms. The van der Waals surface area contributed by atoms with Crippen molar-refractivity contribution in [2.24, 2.45) is 0 Å². The molecule has 0 aromatic carbocycles. The van der Waals surface area contributed by atoms with Crippen LogP contribution >= 0.6 is 0 Å². The summed E-state index contributed by atoms with van der Waals surface area (Å²) in [6.45, 7) is 10.2. The first kappa shape index (κ1) is 50.5. The number of carbonyl (C=O) groups excluding carboxylic acids is 6. The molecule has 4 atom stereocenters. The van der Waals surface area contributed by atoms with Gasteiger partial charge in [-0.3, -0.25) is 0 Å². The predicted octanol–water partition coefficient (Wildman–Crippen LogP) is 1.93. The number of hydrogen-bond donors (Lipinski definition) is 6. The number of hydrogen-bond acceptors (Lipinski definition) is 12. The monoisotopic (exact) mass is 880 g/mol. The van der Waals surface area contributed by atoms with Crippen molar-refractivity contribution in [1.29, 1.82) is 0 Å². The number of aliphatic carboxylic acids is 2. The third kappa shape index (κ3) is 26.2. The molecule has 4 amide bonds. The molecule has 52 heavy (non-hydrogen) atoms. The second kappa shape index (κ2) is 26.2. The first-order valence-corrected chi connectivity index (χ1v) is 22.0. The van der Waals surface area contributed by atoms with Crippen LogP contribution in [0.5, 0.6) is 0 Å². The summed E-state index contributed by atoms with van der Waals surface area (Å²) in [5.74, 6) is -0.884. The summed E-state index contributed by atoms with van der Waals surface area (Å²) >= 11 is 0.574. The van der Waals surface area contributed by atoms with E-state index >= 15 is 0 Å². The zero-order valence-electron chi connectivity index (χ0n) is 31.6. The van der Waals surface area contributed by atoms with Gasteiger partial charge in [0.2, 0.25) is 0 Å². The third-order valence-corrected chi connectivity index (χ3v) is 8.87. The van der Waals surface area contributed by atoms with Crippen LogP contribution in [0.1, 0.15) is 80.1 Å². The van der Waals surface area contributed by atoms with E-state index in [1.54, 1.807) is 41.5 Å². The fraction of sp³-hybridized carbons (Fsp3) is 0.750. The molecule has 300 valence electrons. The number of carbonyl (C=O) groups is 8. The molecule has 0 saturated carbocycles. The second-order valence-corrected chi connectivity index (χ2v) is 17.1. The first-order chi connectivity index (χ1) is 24.0. The van der Waals surface area contributed by atoms with E-state index in [1.165, 1.54) is 14.2 Å². The molecule has 0 rings (SSSR count). The molecule has 18 nitrogen and oxygen atoms in total. The first-order valence-electron chi connectivity index (χ1n) is 16.2. The van der Waals surface area contributed by atoms with Crippen LogP contribution in [-0.2, 0) is 47.7 Å². The summed E-state index contributed by atoms with van der Waals surface area (Å²) in [5, 5.41) is 29.0. The fourth-order valence-electron chi connectivity index (χ4n) is 3.73. The van der Waals surface area contributed by atoms with Crippen molar-refractivity contribution in [1.82, 2.24) is 21.3 Å². The Morgan fingerprint density at radius 1 is 0.577 bits per heavy atom. The molecule has 0 aromatic rings. The molecule has 0 aliphatic heterocycles. The predicted molar refractivity (Wildman–Crippen MR) is 190 cm³/mol. The maximum absolute atomic E-state index is 12.6. The van der Waals surface area contributed by atoms with Crippen LogP contribution in [0, 0.1) is 0 Å². The van der Waals surface area contributed by atoms with E-state index in [2.05, 4.69) is 30.7 Å². The molecule has 0 heterocycles. The van der Waals surface area contributed by atoms with Crippen molar-refractivity contribution in [3.63, 3.8) is 0 Å². The van der Waals surface area contributed by atoms with Crippen LogP contribution in [0.2, 0.25) is 22.3 Å². The van der Waals surface area contributed by atoms with E-state index in [-0.39, 0.29) is 40.6 Å². The number of carboxylic acids is 2. The summed E-state index contributed by atoms with van der Waals surface area (Å²) in [4.78, 5) is 93.8. The van der Waals surface area contributed by atoms with Gasteiger partial charge < -0.3 is 0 Å². The number of methoxy groups -OCH3 is 2. The van der Waals surface area contributed by atoms with Crippen molar-refractivity contribution in [2.75, 3.05) is 14.2 Å². The van der Waals surface area contributed by atoms with E-state index in [1.807, 2.05) is 11.6 Å². The zero-order valence-corrected chi connectivity index (χ0v) is 35.0. The Hall–Kier alpha value is -3.60. The van der Waals surface area contributed by atoms with Crippen LogP contribution in [0.25, 0.3) is 0 Å². The van der Waals surface area contributed by atoms with Gasteiger partial charge in [-0.25, -0.2) is 0 Å². The number of alkyl carbamates (subject to hydrolysis) is 2. The number of carboxylic acid groups (broad SMARTS) is 2. The Labute approximate surface area is 317 Å². The minimum absolute atomic E-state index is 0.0297. The molecular weight excluding hydrogens is 822 g/mol. The van der Waals surface area contributed by atoms with Gasteiger partial charge in [0, 0.05) is 0 Å².